The van der Waals surface area contributed by atoms with Crippen molar-refractivity contribution in [2.24, 2.45) is 11.1 Å². The summed E-state index contributed by atoms with van der Waals surface area (Å²) in [7, 11) is 2.19. The average Bonchev–Trinajstić information content (AvgIpc) is 2.29. The molecule has 0 radical (unpaired) electrons. The Kier molecular flexibility index (Phi) is 5.03. The standard InChI is InChI=1S/C12H26N2O/c1-4-11(2)14(3)9-12(8-13)6-5-7-15-10-12/h11H,4-10,13H2,1-3H3. The monoisotopic (exact) mass is 214 g/mol. The number of hydrogen-bond acceptors (Lipinski definition) is 3. The Balaban J connectivity index is 2.51. The van der Waals surface area contributed by atoms with Gasteiger partial charge in [0.25, 0.3) is 0 Å². The molecule has 0 spiro atoms. The third kappa shape index (κ3) is 3.44. The van der Waals surface area contributed by atoms with Crippen molar-refractivity contribution in [1.82, 2.24) is 4.90 Å². The number of nitrogens with zero attached hydrogens (tertiary/aromatic N) is 1. The van der Waals surface area contributed by atoms with Gasteiger partial charge in [0, 0.05) is 31.2 Å². The molecular formula is C12H26N2O. The summed E-state index contributed by atoms with van der Waals surface area (Å²) in [4.78, 5) is 2.42. The van der Waals surface area contributed by atoms with Crippen LogP contribution in [-0.4, -0.2) is 44.3 Å². The third-order valence-corrected chi connectivity index (χ3v) is 3.77. The Hall–Kier alpha value is -0.120. The summed E-state index contributed by atoms with van der Waals surface area (Å²) >= 11 is 0. The molecule has 15 heavy (non-hydrogen) atoms. The van der Waals surface area contributed by atoms with E-state index in [1.54, 1.807) is 0 Å². The third-order valence-electron chi connectivity index (χ3n) is 3.77. The second-order valence-electron chi connectivity index (χ2n) is 5.03. The van der Waals surface area contributed by atoms with Crippen LogP contribution in [0.25, 0.3) is 0 Å². The fraction of sp³-hybridized carbons (Fsp3) is 1.00. The zero-order valence-corrected chi connectivity index (χ0v) is 10.5. The molecule has 1 heterocycles. The minimum atomic E-state index is 0.205. The molecule has 90 valence electrons. The van der Waals surface area contributed by atoms with Crippen LogP contribution in [-0.2, 0) is 4.74 Å². The Morgan fingerprint density at radius 1 is 1.53 bits per heavy atom. The maximum absolute atomic E-state index is 5.92. The predicted molar refractivity (Wildman–Crippen MR) is 63.9 cm³/mol. The van der Waals surface area contributed by atoms with Crippen LogP contribution in [0.3, 0.4) is 0 Å². The predicted octanol–water partition coefficient (Wildman–Crippen LogP) is 1.47. The van der Waals surface area contributed by atoms with Gasteiger partial charge in [-0.15, -0.1) is 0 Å². The molecule has 0 bridgehead atoms. The molecule has 1 fully saturated rings. The van der Waals surface area contributed by atoms with Gasteiger partial charge in [-0.25, -0.2) is 0 Å². The van der Waals surface area contributed by atoms with E-state index in [0.717, 1.165) is 32.7 Å². The lowest BCUT2D eigenvalue weighted by molar-refractivity contribution is -0.0231. The molecular weight excluding hydrogens is 188 g/mol. The summed E-state index contributed by atoms with van der Waals surface area (Å²) in [6, 6.07) is 0.635. The molecule has 0 aromatic carbocycles. The van der Waals surface area contributed by atoms with E-state index in [1.165, 1.54) is 12.8 Å². The van der Waals surface area contributed by atoms with E-state index >= 15 is 0 Å². The van der Waals surface area contributed by atoms with Gasteiger partial charge in [-0.2, -0.15) is 0 Å². The number of nitrogens with two attached hydrogens (primary N) is 1. The van der Waals surface area contributed by atoms with Crippen LogP contribution in [0.2, 0.25) is 0 Å². The van der Waals surface area contributed by atoms with Crippen molar-refractivity contribution in [3.8, 4) is 0 Å². The van der Waals surface area contributed by atoms with Gasteiger partial charge in [0.15, 0.2) is 0 Å². The van der Waals surface area contributed by atoms with Gasteiger partial charge < -0.3 is 15.4 Å². The minimum absolute atomic E-state index is 0.205. The van der Waals surface area contributed by atoms with Gasteiger partial charge in [-0.3, -0.25) is 0 Å². The van der Waals surface area contributed by atoms with Crippen molar-refractivity contribution < 1.29 is 4.74 Å². The first kappa shape index (κ1) is 12.9. The fourth-order valence-corrected chi connectivity index (χ4v) is 2.26. The van der Waals surface area contributed by atoms with E-state index in [-0.39, 0.29) is 5.41 Å². The quantitative estimate of drug-likeness (QED) is 0.753. The first-order valence-corrected chi connectivity index (χ1v) is 6.11. The molecule has 2 unspecified atom stereocenters. The van der Waals surface area contributed by atoms with Crippen molar-refractivity contribution in [3.63, 3.8) is 0 Å². The molecule has 0 saturated carbocycles. The highest BCUT2D eigenvalue weighted by atomic mass is 16.5. The molecule has 0 aliphatic carbocycles. The van der Waals surface area contributed by atoms with Crippen molar-refractivity contribution in [2.45, 2.75) is 39.2 Å². The Morgan fingerprint density at radius 3 is 2.73 bits per heavy atom. The molecule has 3 nitrogen and oxygen atoms in total. The highest BCUT2D eigenvalue weighted by molar-refractivity contribution is 4.86. The second-order valence-corrected chi connectivity index (χ2v) is 5.03. The van der Waals surface area contributed by atoms with Gasteiger partial charge in [0.05, 0.1) is 6.61 Å². The van der Waals surface area contributed by atoms with Gasteiger partial charge in [0.2, 0.25) is 0 Å². The molecule has 1 aliphatic heterocycles. The van der Waals surface area contributed by atoms with Crippen molar-refractivity contribution >= 4 is 0 Å². The topological polar surface area (TPSA) is 38.5 Å². The molecule has 1 rings (SSSR count). The van der Waals surface area contributed by atoms with Crippen LogP contribution in [0, 0.1) is 5.41 Å². The Bertz CT molecular complexity index is 178. The maximum atomic E-state index is 5.92. The molecule has 2 N–H and O–H groups in total. The summed E-state index contributed by atoms with van der Waals surface area (Å²) in [6.45, 7) is 8.06. The van der Waals surface area contributed by atoms with Crippen molar-refractivity contribution in [3.05, 3.63) is 0 Å². The summed E-state index contributed by atoms with van der Waals surface area (Å²) in [6.07, 6.45) is 3.56. The maximum Gasteiger partial charge on any atom is 0.0546 e. The Morgan fingerprint density at radius 2 is 2.27 bits per heavy atom. The van der Waals surface area contributed by atoms with Crippen molar-refractivity contribution in [1.29, 1.82) is 0 Å². The molecule has 1 aliphatic rings. The first-order chi connectivity index (χ1) is 7.13. The molecule has 2 atom stereocenters. The average molecular weight is 214 g/mol. The van der Waals surface area contributed by atoms with Crippen LogP contribution in [0.15, 0.2) is 0 Å². The lowest BCUT2D eigenvalue weighted by Gasteiger charge is -2.40. The highest BCUT2D eigenvalue weighted by Crippen LogP contribution is 2.28. The lowest BCUT2D eigenvalue weighted by Crippen LogP contribution is -2.48. The van der Waals surface area contributed by atoms with Crippen LogP contribution in [0.1, 0.15) is 33.1 Å². The Labute approximate surface area is 94.0 Å². The highest BCUT2D eigenvalue weighted by Gasteiger charge is 2.33. The first-order valence-electron chi connectivity index (χ1n) is 6.11. The summed E-state index contributed by atoms with van der Waals surface area (Å²) in [5, 5.41) is 0. The van der Waals surface area contributed by atoms with E-state index in [0.29, 0.717) is 6.04 Å². The van der Waals surface area contributed by atoms with Crippen molar-refractivity contribution in [2.75, 3.05) is 33.4 Å². The number of rotatable bonds is 5. The van der Waals surface area contributed by atoms with Crippen LogP contribution < -0.4 is 5.73 Å². The SMILES string of the molecule is CCC(C)N(C)CC1(CN)CCCOC1. The van der Waals surface area contributed by atoms with Gasteiger partial charge in [-0.05, 0) is 33.2 Å². The van der Waals surface area contributed by atoms with Gasteiger partial charge >= 0.3 is 0 Å². The summed E-state index contributed by atoms with van der Waals surface area (Å²) in [5.74, 6) is 0. The minimum Gasteiger partial charge on any atom is -0.381 e. The van der Waals surface area contributed by atoms with Crippen LogP contribution in [0.4, 0.5) is 0 Å². The zero-order valence-electron chi connectivity index (χ0n) is 10.5. The van der Waals surface area contributed by atoms with E-state index in [4.69, 9.17) is 10.5 Å². The fourth-order valence-electron chi connectivity index (χ4n) is 2.26. The smallest absolute Gasteiger partial charge is 0.0546 e. The largest absolute Gasteiger partial charge is 0.381 e. The molecule has 0 amide bonds. The molecule has 0 aromatic heterocycles. The molecule has 0 aromatic rings. The normalized spacial score (nSPS) is 29.4. The van der Waals surface area contributed by atoms with E-state index in [1.807, 2.05) is 0 Å². The van der Waals surface area contributed by atoms with Gasteiger partial charge in [-0.1, -0.05) is 6.92 Å². The molecule has 3 heteroatoms. The van der Waals surface area contributed by atoms with E-state index in [2.05, 4.69) is 25.8 Å². The zero-order chi connectivity index (χ0) is 11.3. The van der Waals surface area contributed by atoms with Crippen LogP contribution >= 0.6 is 0 Å². The van der Waals surface area contributed by atoms with Crippen LogP contribution in [0.5, 0.6) is 0 Å². The van der Waals surface area contributed by atoms with Gasteiger partial charge in [0.1, 0.15) is 0 Å². The second kappa shape index (κ2) is 5.83. The van der Waals surface area contributed by atoms with E-state index < -0.39 is 0 Å². The molecule has 1 saturated heterocycles. The lowest BCUT2D eigenvalue weighted by atomic mass is 9.82. The summed E-state index contributed by atoms with van der Waals surface area (Å²) in [5.41, 5.74) is 6.13. The summed E-state index contributed by atoms with van der Waals surface area (Å²) < 4.78 is 5.58. The number of ether oxygens (including phenoxy) is 1. The van der Waals surface area contributed by atoms with E-state index in [9.17, 15) is 0 Å². The number of hydrogen-bond donors (Lipinski definition) is 1.